The highest BCUT2D eigenvalue weighted by atomic mass is 32.1. The smallest absolute Gasteiger partial charge is 0.179 e. The summed E-state index contributed by atoms with van der Waals surface area (Å²) in [5.41, 5.74) is 1.99. The quantitative estimate of drug-likeness (QED) is 0.828. The van der Waals surface area contributed by atoms with Crippen LogP contribution in [0.25, 0.3) is 11.2 Å². The number of aromatic amines is 1. The molecule has 0 aliphatic heterocycles. The van der Waals surface area contributed by atoms with Gasteiger partial charge in [0.05, 0.1) is 5.52 Å². The number of H-pyrrole nitrogens is 1. The second-order valence-electron chi connectivity index (χ2n) is 4.99. The van der Waals surface area contributed by atoms with Gasteiger partial charge in [-0.3, -0.25) is 4.57 Å². The lowest BCUT2D eigenvalue weighted by Gasteiger charge is -2.15. The largest absolute Gasteiger partial charge is 0.329 e. The van der Waals surface area contributed by atoms with E-state index >= 15 is 0 Å². The molecule has 0 aliphatic carbocycles. The van der Waals surface area contributed by atoms with Gasteiger partial charge >= 0.3 is 0 Å². The molecule has 0 saturated heterocycles. The van der Waals surface area contributed by atoms with E-state index in [1.165, 1.54) is 6.42 Å². The SMILES string of the molecule is CC(C)CCC(C)n1c(=S)[nH]c2cccnc21. The van der Waals surface area contributed by atoms with E-state index < -0.39 is 0 Å². The average molecular weight is 249 g/mol. The number of rotatable bonds is 4. The Morgan fingerprint density at radius 1 is 1.35 bits per heavy atom. The number of hydrogen-bond acceptors (Lipinski definition) is 2. The minimum atomic E-state index is 0.397. The van der Waals surface area contributed by atoms with Gasteiger partial charge in [0, 0.05) is 12.2 Å². The molecule has 0 amide bonds. The maximum Gasteiger partial charge on any atom is 0.179 e. The van der Waals surface area contributed by atoms with Gasteiger partial charge in [-0.1, -0.05) is 13.8 Å². The van der Waals surface area contributed by atoms with Gasteiger partial charge in [0.2, 0.25) is 0 Å². The molecule has 0 bridgehead atoms. The van der Waals surface area contributed by atoms with Crippen LogP contribution in [0.5, 0.6) is 0 Å². The third-order valence-corrected chi connectivity index (χ3v) is 3.38. The Morgan fingerprint density at radius 2 is 2.12 bits per heavy atom. The number of nitrogens with zero attached hydrogens (tertiary/aromatic N) is 2. The van der Waals surface area contributed by atoms with Crippen LogP contribution in [0.15, 0.2) is 18.3 Å². The highest BCUT2D eigenvalue weighted by Crippen LogP contribution is 2.22. The van der Waals surface area contributed by atoms with Crippen molar-refractivity contribution in [1.29, 1.82) is 0 Å². The molecule has 92 valence electrons. The molecule has 1 atom stereocenters. The van der Waals surface area contributed by atoms with E-state index in [0.29, 0.717) is 6.04 Å². The van der Waals surface area contributed by atoms with E-state index in [0.717, 1.165) is 28.3 Å². The van der Waals surface area contributed by atoms with Gasteiger partial charge in [-0.2, -0.15) is 0 Å². The molecular formula is C13H19N3S. The first-order valence-corrected chi connectivity index (χ1v) is 6.55. The molecule has 17 heavy (non-hydrogen) atoms. The summed E-state index contributed by atoms with van der Waals surface area (Å²) in [4.78, 5) is 7.63. The molecule has 4 heteroatoms. The summed E-state index contributed by atoms with van der Waals surface area (Å²) in [6.45, 7) is 6.71. The summed E-state index contributed by atoms with van der Waals surface area (Å²) in [5.74, 6) is 0.727. The number of hydrogen-bond donors (Lipinski definition) is 1. The first-order chi connectivity index (χ1) is 8.09. The Bertz CT molecular complexity index is 553. The second kappa shape index (κ2) is 5.00. The van der Waals surface area contributed by atoms with Crippen LogP contribution < -0.4 is 0 Å². The number of nitrogens with one attached hydrogen (secondary N) is 1. The van der Waals surface area contributed by atoms with E-state index in [9.17, 15) is 0 Å². The molecular weight excluding hydrogens is 230 g/mol. The summed E-state index contributed by atoms with van der Waals surface area (Å²) in [7, 11) is 0. The van der Waals surface area contributed by atoms with Crippen LogP contribution in [-0.4, -0.2) is 14.5 Å². The molecule has 3 nitrogen and oxygen atoms in total. The van der Waals surface area contributed by atoms with Crippen LogP contribution in [-0.2, 0) is 0 Å². The first kappa shape index (κ1) is 12.3. The Kier molecular flexibility index (Phi) is 3.62. The van der Waals surface area contributed by atoms with Gasteiger partial charge < -0.3 is 4.98 Å². The zero-order valence-corrected chi connectivity index (χ0v) is 11.4. The summed E-state index contributed by atoms with van der Waals surface area (Å²) < 4.78 is 2.91. The number of aromatic nitrogens is 3. The summed E-state index contributed by atoms with van der Waals surface area (Å²) in [6.07, 6.45) is 4.16. The van der Waals surface area contributed by atoms with Crippen LogP contribution in [0.3, 0.4) is 0 Å². The molecule has 1 N–H and O–H groups in total. The number of imidazole rings is 1. The minimum Gasteiger partial charge on any atom is -0.329 e. The van der Waals surface area contributed by atoms with E-state index in [4.69, 9.17) is 12.2 Å². The molecule has 0 saturated carbocycles. The van der Waals surface area contributed by atoms with Crippen molar-refractivity contribution in [2.75, 3.05) is 0 Å². The van der Waals surface area contributed by atoms with E-state index in [1.807, 2.05) is 18.3 Å². The first-order valence-electron chi connectivity index (χ1n) is 6.15. The predicted molar refractivity (Wildman–Crippen MR) is 73.7 cm³/mol. The van der Waals surface area contributed by atoms with Crippen LogP contribution >= 0.6 is 12.2 Å². The molecule has 2 heterocycles. The van der Waals surface area contributed by atoms with Crippen molar-refractivity contribution in [3.05, 3.63) is 23.1 Å². The van der Waals surface area contributed by atoms with Crippen molar-refractivity contribution in [2.24, 2.45) is 5.92 Å². The van der Waals surface area contributed by atoms with Crippen LogP contribution in [0.1, 0.15) is 39.7 Å². The highest BCUT2D eigenvalue weighted by Gasteiger charge is 2.12. The highest BCUT2D eigenvalue weighted by molar-refractivity contribution is 7.71. The standard InChI is InChI=1S/C13H19N3S/c1-9(2)6-7-10(3)16-12-11(15-13(16)17)5-4-8-14-12/h4-5,8-10H,6-7H2,1-3H3,(H,15,17). The summed E-state index contributed by atoms with van der Waals surface area (Å²) in [6, 6.07) is 4.34. The molecule has 0 aliphatic rings. The maximum atomic E-state index is 5.38. The topological polar surface area (TPSA) is 33.6 Å². The van der Waals surface area contributed by atoms with Gasteiger partial charge in [-0.05, 0) is 50.0 Å². The molecule has 0 aromatic carbocycles. The molecule has 1 unspecified atom stereocenters. The van der Waals surface area contributed by atoms with Crippen molar-refractivity contribution in [3.63, 3.8) is 0 Å². The predicted octanol–water partition coefficient (Wildman–Crippen LogP) is 4.09. The van der Waals surface area contributed by atoms with Gasteiger partial charge in [0.1, 0.15) is 0 Å². The van der Waals surface area contributed by atoms with Crippen molar-refractivity contribution in [2.45, 2.75) is 39.7 Å². The number of fused-ring (bicyclic) bond motifs is 1. The van der Waals surface area contributed by atoms with E-state index in [1.54, 1.807) is 0 Å². The minimum absolute atomic E-state index is 0.397. The van der Waals surface area contributed by atoms with E-state index in [2.05, 4.69) is 35.3 Å². The molecule has 2 aromatic heterocycles. The van der Waals surface area contributed by atoms with Crippen LogP contribution in [0.2, 0.25) is 0 Å². The Balaban J connectivity index is 2.34. The zero-order chi connectivity index (χ0) is 12.4. The second-order valence-corrected chi connectivity index (χ2v) is 5.38. The Labute approximate surface area is 107 Å². The molecule has 2 rings (SSSR count). The lowest BCUT2D eigenvalue weighted by molar-refractivity contribution is 0.442. The average Bonchev–Trinajstić information content (AvgIpc) is 2.61. The van der Waals surface area contributed by atoms with Crippen LogP contribution in [0.4, 0.5) is 0 Å². The lowest BCUT2D eigenvalue weighted by Crippen LogP contribution is -2.07. The summed E-state index contributed by atoms with van der Waals surface area (Å²) >= 11 is 5.38. The fraction of sp³-hybridized carbons (Fsp3) is 0.538. The Morgan fingerprint density at radius 3 is 2.82 bits per heavy atom. The third-order valence-electron chi connectivity index (χ3n) is 3.08. The maximum absolute atomic E-state index is 5.38. The van der Waals surface area contributed by atoms with E-state index in [-0.39, 0.29) is 0 Å². The van der Waals surface area contributed by atoms with Crippen molar-refractivity contribution in [3.8, 4) is 0 Å². The van der Waals surface area contributed by atoms with Gasteiger partial charge in [0.25, 0.3) is 0 Å². The molecule has 2 aromatic rings. The third kappa shape index (κ3) is 2.57. The normalized spacial score (nSPS) is 13.4. The zero-order valence-electron chi connectivity index (χ0n) is 10.6. The van der Waals surface area contributed by atoms with Gasteiger partial charge in [0.15, 0.2) is 10.4 Å². The lowest BCUT2D eigenvalue weighted by atomic mass is 10.0. The van der Waals surface area contributed by atoms with Crippen LogP contribution in [0, 0.1) is 10.7 Å². The molecule has 0 radical (unpaired) electrons. The Hall–Kier alpha value is -1.16. The van der Waals surface area contributed by atoms with Crippen molar-refractivity contribution < 1.29 is 0 Å². The fourth-order valence-electron chi connectivity index (χ4n) is 2.07. The monoisotopic (exact) mass is 249 g/mol. The van der Waals surface area contributed by atoms with Gasteiger partial charge in [-0.15, -0.1) is 0 Å². The fourth-order valence-corrected chi connectivity index (χ4v) is 2.45. The molecule has 0 fully saturated rings. The van der Waals surface area contributed by atoms with Gasteiger partial charge in [-0.25, -0.2) is 4.98 Å². The molecule has 0 spiro atoms. The summed E-state index contributed by atoms with van der Waals surface area (Å²) in [5, 5.41) is 0. The van der Waals surface area contributed by atoms with Crippen molar-refractivity contribution >= 4 is 23.4 Å². The van der Waals surface area contributed by atoms with Crippen molar-refractivity contribution in [1.82, 2.24) is 14.5 Å². The number of pyridine rings is 1.